The number of hydrogen-bond acceptors (Lipinski definition) is 2. The van der Waals surface area contributed by atoms with Crippen LogP contribution in [0.5, 0.6) is 0 Å². The molecule has 1 aliphatic heterocycles. The molecule has 1 aromatic rings. The lowest BCUT2D eigenvalue weighted by Crippen LogP contribution is -2.26. The van der Waals surface area contributed by atoms with Crippen LogP contribution in [0.15, 0.2) is 23.0 Å². The number of rotatable bonds is 0. The van der Waals surface area contributed by atoms with Crippen molar-refractivity contribution in [3.63, 3.8) is 0 Å². The number of H-pyrrole nitrogens is 1. The van der Waals surface area contributed by atoms with E-state index in [1.165, 1.54) is 32.0 Å². The minimum Gasteiger partial charge on any atom is -0.317 e. The lowest BCUT2D eigenvalue weighted by Gasteiger charge is -2.17. The van der Waals surface area contributed by atoms with Gasteiger partial charge in [-0.3, -0.25) is 4.79 Å². The average molecular weight is 229 g/mol. The molecular formula is C11H17ClN2O. The quantitative estimate of drug-likeness (QED) is 0.668. The van der Waals surface area contributed by atoms with Crippen molar-refractivity contribution in [3.8, 4) is 0 Å². The Morgan fingerprint density at radius 3 is 2.33 bits per heavy atom. The molecule has 2 rings (SSSR count). The molecule has 0 saturated carbocycles. The summed E-state index contributed by atoms with van der Waals surface area (Å²) in [5, 5.41) is 3.69. The number of halogens is 1. The van der Waals surface area contributed by atoms with E-state index in [2.05, 4.69) is 17.2 Å². The minimum atomic E-state index is -0.169. The van der Waals surface area contributed by atoms with Crippen molar-refractivity contribution in [2.75, 3.05) is 13.1 Å². The molecule has 0 aromatic carbocycles. The minimum absolute atomic E-state index is 0.169. The van der Waals surface area contributed by atoms with Gasteiger partial charge in [0, 0.05) is 6.07 Å². The Balaban J connectivity index is 0.000000151. The van der Waals surface area contributed by atoms with Crippen LogP contribution in [0.2, 0.25) is 5.15 Å². The third-order valence-corrected chi connectivity index (χ3v) is 2.58. The van der Waals surface area contributed by atoms with E-state index in [4.69, 9.17) is 11.6 Å². The smallest absolute Gasteiger partial charge is 0.249 e. The van der Waals surface area contributed by atoms with Gasteiger partial charge in [-0.25, -0.2) is 0 Å². The molecule has 0 bridgehead atoms. The van der Waals surface area contributed by atoms with E-state index in [-0.39, 0.29) is 5.56 Å². The molecule has 1 saturated heterocycles. The second kappa shape index (κ2) is 6.64. The van der Waals surface area contributed by atoms with Gasteiger partial charge in [0.1, 0.15) is 5.15 Å². The van der Waals surface area contributed by atoms with Crippen molar-refractivity contribution >= 4 is 11.6 Å². The van der Waals surface area contributed by atoms with E-state index in [9.17, 15) is 4.79 Å². The lowest BCUT2D eigenvalue weighted by molar-refractivity contribution is 0.402. The van der Waals surface area contributed by atoms with Gasteiger partial charge < -0.3 is 10.3 Å². The molecule has 0 atom stereocenters. The maximum absolute atomic E-state index is 10.4. The topological polar surface area (TPSA) is 44.9 Å². The van der Waals surface area contributed by atoms with Gasteiger partial charge in [-0.1, -0.05) is 24.6 Å². The van der Waals surface area contributed by atoms with E-state index in [1.54, 1.807) is 12.1 Å². The van der Waals surface area contributed by atoms with Crippen LogP contribution < -0.4 is 10.9 Å². The summed E-state index contributed by atoms with van der Waals surface area (Å²) < 4.78 is 0. The van der Waals surface area contributed by atoms with Gasteiger partial charge >= 0.3 is 0 Å². The van der Waals surface area contributed by atoms with Gasteiger partial charge in [-0.05, 0) is 37.9 Å². The van der Waals surface area contributed by atoms with Crippen molar-refractivity contribution in [3.05, 3.63) is 33.7 Å². The van der Waals surface area contributed by atoms with E-state index in [1.807, 2.05) is 0 Å². The van der Waals surface area contributed by atoms with Gasteiger partial charge in [0.25, 0.3) is 0 Å². The number of aromatic nitrogens is 1. The van der Waals surface area contributed by atoms with Gasteiger partial charge in [-0.15, -0.1) is 0 Å². The van der Waals surface area contributed by atoms with Gasteiger partial charge in [-0.2, -0.15) is 0 Å². The van der Waals surface area contributed by atoms with Crippen molar-refractivity contribution in [2.24, 2.45) is 5.92 Å². The molecule has 0 aliphatic carbocycles. The van der Waals surface area contributed by atoms with Crippen LogP contribution in [-0.2, 0) is 0 Å². The Hall–Kier alpha value is -0.800. The second-order valence-electron chi connectivity index (χ2n) is 3.80. The SMILES string of the molecule is CC1CCNCC1.O=c1cccc(Cl)[nH]1. The second-order valence-corrected chi connectivity index (χ2v) is 4.20. The number of aromatic amines is 1. The number of pyridine rings is 1. The first kappa shape index (κ1) is 12.3. The molecule has 0 radical (unpaired) electrons. The van der Waals surface area contributed by atoms with Gasteiger partial charge in [0.15, 0.2) is 0 Å². The zero-order valence-electron chi connectivity index (χ0n) is 8.92. The number of hydrogen-bond donors (Lipinski definition) is 2. The van der Waals surface area contributed by atoms with Crippen LogP contribution in [0.4, 0.5) is 0 Å². The Morgan fingerprint density at radius 1 is 1.33 bits per heavy atom. The van der Waals surface area contributed by atoms with E-state index in [0.29, 0.717) is 5.15 Å². The predicted octanol–water partition coefficient (Wildman–Crippen LogP) is 2.03. The summed E-state index contributed by atoms with van der Waals surface area (Å²) in [6.07, 6.45) is 2.75. The normalized spacial score (nSPS) is 16.7. The molecule has 0 unspecified atom stereocenters. The first-order valence-corrected chi connectivity index (χ1v) is 5.62. The molecule has 4 heteroatoms. The van der Waals surface area contributed by atoms with Crippen molar-refractivity contribution < 1.29 is 0 Å². The predicted molar refractivity (Wildman–Crippen MR) is 63.3 cm³/mol. The molecule has 0 spiro atoms. The summed E-state index contributed by atoms with van der Waals surface area (Å²) in [4.78, 5) is 12.7. The fourth-order valence-electron chi connectivity index (χ4n) is 1.39. The summed E-state index contributed by atoms with van der Waals surface area (Å²) in [5.41, 5.74) is -0.169. The Morgan fingerprint density at radius 2 is 2.00 bits per heavy atom. The Labute approximate surface area is 94.9 Å². The Kier molecular flexibility index (Phi) is 5.43. The van der Waals surface area contributed by atoms with Crippen LogP contribution in [0.25, 0.3) is 0 Å². The molecule has 2 N–H and O–H groups in total. The highest BCUT2D eigenvalue weighted by molar-refractivity contribution is 6.29. The van der Waals surface area contributed by atoms with Crippen LogP contribution in [0.3, 0.4) is 0 Å². The summed E-state index contributed by atoms with van der Waals surface area (Å²) >= 11 is 5.39. The molecule has 1 aromatic heterocycles. The van der Waals surface area contributed by atoms with E-state index < -0.39 is 0 Å². The first-order chi connectivity index (χ1) is 7.18. The molecule has 3 nitrogen and oxygen atoms in total. The third kappa shape index (κ3) is 5.60. The molecule has 0 amide bonds. The molecule has 1 fully saturated rings. The Bertz CT molecular complexity index is 331. The average Bonchev–Trinajstić information content (AvgIpc) is 2.19. The van der Waals surface area contributed by atoms with E-state index in [0.717, 1.165) is 5.92 Å². The molecular weight excluding hydrogens is 212 g/mol. The fraction of sp³-hybridized carbons (Fsp3) is 0.545. The van der Waals surface area contributed by atoms with Crippen LogP contribution >= 0.6 is 11.6 Å². The van der Waals surface area contributed by atoms with Crippen LogP contribution in [-0.4, -0.2) is 18.1 Å². The fourth-order valence-corrected chi connectivity index (χ4v) is 1.55. The maximum Gasteiger partial charge on any atom is 0.249 e. The summed E-state index contributed by atoms with van der Waals surface area (Å²) in [6, 6.07) is 4.62. The lowest BCUT2D eigenvalue weighted by atomic mass is 10.0. The highest BCUT2D eigenvalue weighted by Gasteiger charge is 2.04. The maximum atomic E-state index is 10.4. The largest absolute Gasteiger partial charge is 0.317 e. The van der Waals surface area contributed by atoms with Crippen molar-refractivity contribution in [1.29, 1.82) is 0 Å². The van der Waals surface area contributed by atoms with Gasteiger partial charge in [0.05, 0.1) is 0 Å². The number of nitrogens with one attached hydrogen (secondary N) is 2. The number of piperidine rings is 1. The van der Waals surface area contributed by atoms with Crippen LogP contribution in [0.1, 0.15) is 19.8 Å². The highest BCUT2D eigenvalue weighted by atomic mass is 35.5. The molecule has 2 heterocycles. The third-order valence-electron chi connectivity index (χ3n) is 2.36. The zero-order valence-corrected chi connectivity index (χ0v) is 9.68. The monoisotopic (exact) mass is 228 g/mol. The molecule has 1 aliphatic rings. The molecule has 15 heavy (non-hydrogen) atoms. The highest BCUT2D eigenvalue weighted by Crippen LogP contribution is 2.08. The summed E-state index contributed by atoms with van der Waals surface area (Å²) in [6.45, 7) is 4.79. The first-order valence-electron chi connectivity index (χ1n) is 5.24. The summed E-state index contributed by atoms with van der Waals surface area (Å²) in [5.74, 6) is 0.973. The van der Waals surface area contributed by atoms with Gasteiger partial charge in [0.2, 0.25) is 5.56 Å². The van der Waals surface area contributed by atoms with E-state index >= 15 is 0 Å². The standard InChI is InChI=1S/C6H13N.C5H4ClNO/c1-6-2-4-7-5-3-6;6-4-2-1-3-5(8)7-4/h6-7H,2-5H2,1H3;1-3H,(H,7,8). The summed E-state index contributed by atoms with van der Waals surface area (Å²) in [7, 11) is 0. The molecule has 84 valence electrons. The van der Waals surface area contributed by atoms with Crippen LogP contribution in [0, 0.1) is 5.92 Å². The van der Waals surface area contributed by atoms with Crippen molar-refractivity contribution in [1.82, 2.24) is 10.3 Å². The van der Waals surface area contributed by atoms with Crippen molar-refractivity contribution in [2.45, 2.75) is 19.8 Å². The zero-order chi connectivity index (χ0) is 11.1.